The van der Waals surface area contributed by atoms with Crippen molar-refractivity contribution >= 4 is 47.8 Å². The van der Waals surface area contributed by atoms with Crippen molar-refractivity contribution < 1.29 is 0 Å². The van der Waals surface area contributed by atoms with Crippen molar-refractivity contribution in [1.82, 2.24) is 5.43 Å². The zero-order valence-electron chi connectivity index (χ0n) is 10.0. The molecule has 2 nitrogen and oxygen atoms in total. The highest BCUT2D eigenvalue weighted by Gasteiger charge is 2.12. The van der Waals surface area contributed by atoms with E-state index in [1.165, 1.54) is 5.56 Å². The maximum absolute atomic E-state index is 5.69. The van der Waals surface area contributed by atoms with Gasteiger partial charge in [0.25, 0.3) is 0 Å². The summed E-state index contributed by atoms with van der Waals surface area (Å²) in [6, 6.07) is 14.5. The Morgan fingerprint density at radius 3 is 2.00 bits per heavy atom. The largest absolute Gasteiger partial charge is 0.271 e. The van der Waals surface area contributed by atoms with Crippen LogP contribution in [0, 0.1) is 0 Å². The van der Waals surface area contributed by atoms with Gasteiger partial charge in [0.15, 0.2) is 0 Å². The topological polar surface area (TPSA) is 38.0 Å². The SMILES string of the molecule is NNC(Cc1ccc(Br)cc1)c1cc(Br)cc(Br)c1. The van der Waals surface area contributed by atoms with Gasteiger partial charge in [0, 0.05) is 13.4 Å². The van der Waals surface area contributed by atoms with Gasteiger partial charge in [-0.2, -0.15) is 0 Å². The Morgan fingerprint density at radius 1 is 0.895 bits per heavy atom. The minimum absolute atomic E-state index is 0.0787. The zero-order valence-corrected chi connectivity index (χ0v) is 14.8. The minimum atomic E-state index is 0.0787. The van der Waals surface area contributed by atoms with Gasteiger partial charge in [0.1, 0.15) is 0 Å². The molecule has 2 aromatic rings. The molecule has 0 heterocycles. The molecule has 3 N–H and O–H groups in total. The maximum atomic E-state index is 5.69. The number of benzene rings is 2. The molecule has 19 heavy (non-hydrogen) atoms. The van der Waals surface area contributed by atoms with Gasteiger partial charge in [-0.25, -0.2) is 0 Å². The summed E-state index contributed by atoms with van der Waals surface area (Å²) in [5.74, 6) is 5.69. The van der Waals surface area contributed by atoms with Crippen LogP contribution >= 0.6 is 47.8 Å². The molecule has 0 aliphatic rings. The molecule has 0 fully saturated rings. The van der Waals surface area contributed by atoms with Gasteiger partial charge in [-0.05, 0) is 47.9 Å². The molecular weight excluding hydrogens is 436 g/mol. The standard InChI is InChI=1S/C14H13Br3N2/c15-11-3-1-9(2-4-11)5-14(19-18)10-6-12(16)8-13(17)7-10/h1-4,6-8,14,19H,5,18H2. The van der Waals surface area contributed by atoms with Crippen molar-refractivity contribution in [1.29, 1.82) is 0 Å². The lowest BCUT2D eigenvalue weighted by atomic mass is 9.99. The highest BCUT2D eigenvalue weighted by molar-refractivity contribution is 9.11. The average Bonchev–Trinajstić information content (AvgIpc) is 2.37. The number of hydrogen-bond acceptors (Lipinski definition) is 2. The molecular formula is C14H13Br3N2. The molecule has 2 rings (SSSR count). The molecule has 0 saturated heterocycles. The van der Waals surface area contributed by atoms with Gasteiger partial charge in [0.05, 0.1) is 6.04 Å². The molecule has 5 heteroatoms. The number of nitrogens with one attached hydrogen (secondary N) is 1. The number of nitrogens with two attached hydrogens (primary N) is 1. The molecule has 2 aromatic carbocycles. The van der Waals surface area contributed by atoms with Crippen LogP contribution in [0.4, 0.5) is 0 Å². The van der Waals surface area contributed by atoms with Crippen LogP contribution in [0.15, 0.2) is 55.9 Å². The predicted octanol–water partition coefficient (Wildman–Crippen LogP) is 4.72. The molecule has 0 aromatic heterocycles. The molecule has 0 bridgehead atoms. The van der Waals surface area contributed by atoms with Gasteiger partial charge < -0.3 is 0 Å². The highest BCUT2D eigenvalue weighted by atomic mass is 79.9. The summed E-state index contributed by atoms with van der Waals surface area (Å²) < 4.78 is 3.15. The van der Waals surface area contributed by atoms with E-state index < -0.39 is 0 Å². The number of rotatable bonds is 4. The normalized spacial score (nSPS) is 12.4. The molecule has 0 aliphatic heterocycles. The Morgan fingerprint density at radius 2 is 1.47 bits per heavy atom. The first-order valence-corrected chi connectivity index (χ1v) is 8.13. The second-order valence-electron chi connectivity index (χ2n) is 4.25. The van der Waals surface area contributed by atoms with Crippen molar-refractivity contribution in [2.45, 2.75) is 12.5 Å². The molecule has 1 atom stereocenters. The van der Waals surface area contributed by atoms with Crippen molar-refractivity contribution in [2.75, 3.05) is 0 Å². The summed E-state index contributed by atoms with van der Waals surface area (Å²) in [6.45, 7) is 0. The van der Waals surface area contributed by atoms with E-state index in [2.05, 4.69) is 77.5 Å². The van der Waals surface area contributed by atoms with E-state index in [1.54, 1.807) is 0 Å². The maximum Gasteiger partial charge on any atom is 0.0501 e. The third-order valence-electron chi connectivity index (χ3n) is 2.84. The van der Waals surface area contributed by atoms with Crippen LogP contribution in [0.2, 0.25) is 0 Å². The first-order chi connectivity index (χ1) is 9.08. The molecule has 0 aliphatic carbocycles. The van der Waals surface area contributed by atoms with E-state index >= 15 is 0 Å². The van der Waals surface area contributed by atoms with E-state index in [9.17, 15) is 0 Å². The second kappa shape index (κ2) is 6.99. The minimum Gasteiger partial charge on any atom is -0.271 e. The molecule has 0 amide bonds. The van der Waals surface area contributed by atoms with E-state index in [1.807, 2.05) is 18.2 Å². The van der Waals surface area contributed by atoms with Crippen LogP contribution in [-0.2, 0) is 6.42 Å². The first kappa shape index (κ1) is 15.2. The number of halogens is 3. The third kappa shape index (κ3) is 4.39. The molecule has 1 unspecified atom stereocenters. The van der Waals surface area contributed by atoms with E-state index in [-0.39, 0.29) is 6.04 Å². The van der Waals surface area contributed by atoms with Gasteiger partial charge in [-0.15, -0.1) is 0 Å². The lowest BCUT2D eigenvalue weighted by Crippen LogP contribution is -2.29. The van der Waals surface area contributed by atoms with Crippen LogP contribution in [-0.4, -0.2) is 0 Å². The molecule has 0 spiro atoms. The fraction of sp³-hybridized carbons (Fsp3) is 0.143. The lowest BCUT2D eigenvalue weighted by molar-refractivity contribution is 0.551. The summed E-state index contributed by atoms with van der Waals surface area (Å²) in [7, 11) is 0. The first-order valence-electron chi connectivity index (χ1n) is 5.75. The van der Waals surface area contributed by atoms with Gasteiger partial charge >= 0.3 is 0 Å². The Kier molecular flexibility index (Phi) is 5.59. The Balaban J connectivity index is 2.22. The van der Waals surface area contributed by atoms with Crippen LogP contribution in [0.3, 0.4) is 0 Å². The van der Waals surface area contributed by atoms with Crippen LogP contribution in [0.1, 0.15) is 17.2 Å². The molecule has 0 saturated carbocycles. The fourth-order valence-corrected chi connectivity index (χ4v) is 3.50. The quantitative estimate of drug-likeness (QED) is 0.524. The van der Waals surface area contributed by atoms with Crippen molar-refractivity contribution in [3.63, 3.8) is 0 Å². The van der Waals surface area contributed by atoms with Gasteiger partial charge in [-0.1, -0.05) is 59.9 Å². The highest BCUT2D eigenvalue weighted by Crippen LogP contribution is 2.26. The van der Waals surface area contributed by atoms with E-state index in [0.29, 0.717) is 0 Å². The number of hydrazine groups is 1. The average molecular weight is 449 g/mol. The monoisotopic (exact) mass is 446 g/mol. The summed E-state index contributed by atoms with van der Waals surface area (Å²) in [4.78, 5) is 0. The third-order valence-corrected chi connectivity index (χ3v) is 4.29. The summed E-state index contributed by atoms with van der Waals surface area (Å²) in [6.07, 6.45) is 0.840. The van der Waals surface area contributed by atoms with Crippen LogP contribution < -0.4 is 11.3 Å². The van der Waals surface area contributed by atoms with Gasteiger partial charge in [0.2, 0.25) is 0 Å². The van der Waals surface area contributed by atoms with Crippen molar-refractivity contribution in [2.24, 2.45) is 5.84 Å². The van der Waals surface area contributed by atoms with E-state index in [4.69, 9.17) is 5.84 Å². The van der Waals surface area contributed by atoms with Crippen LogP contribution in [0.5, 0.6) is 0 Å². The number of hydrogen-bond donors (Lipinski definition) is 2. The zero-order chi connectivity index (χ0) is 13.8. The smallest absolute Gasteiger partial charge is 0.0501 e. The van der Waals surface area contributed by atoms with Crippen molar-refractivity contribution in [3.8, 4) is 0 Å². The Hall–Kier alpha value is -0.200. The summed E-state index contributed by atoms with van der Waals surface area (Å²) >= 11 is 10.4. The Bertz CT molecular complexity index is 535. The predicted molar refractivity (Wildman–Crippen MR) is 89.8 cm³/mol. The van der Waals surface area contributed by atoms with Gasteiger partial charge in [-0.3, -0.25) is 11.3 Å². The Labute approximate surface area is 138 Å². The fourth-order valence-electron chi connectivity index (χ4n) is 1.91. The van der Waals surface area contributed by atoms with E-state index in [0.717, 1.165) is 25.4 Å². The van der Waals surface area contributed by atoms with Crippen LogP contribution in [0.25, 0.3) is 0 Å². The lowest BCUT2D eigenvalue weighted by Gasteiger charge is -2.17. The van der Waals surface area contributed by atoms with Crippen molar-refractivity contribution in [3.05, 3.63) is 67.0 Å². The summed E-state index contributed by atoms with van der Waals surface area (Å²) in [5.41, 5.74) is 5.27. The molecule has 0 radical (unpaired) electrons. The second-order valence-corrected chi connectivity index (χ2v) is 7.00. The summed E-state index contributed by atoms with van der Waals surface area (Å²) in [5, 5.41) is 0. The molecule has 100 valence electrons.